The molecule has 0 heteroatoms. The summed E-state index contributed by atoms with van der Waals surface area (Å²) in [6.07, 6.45) is 8.94. The van der Waals surface area contributed by atoms with Gasteiger partial charge >= 0.3 is 0 Å². The van der Waals surface area contributed by atoms with Crippen LogP contribution in [0.2, 0.25) is 0 Å². The van der Waals surface area contributed by atoms with E-state index in [1.54, 1.807) is 0 Å². The zero-order valence-corrected chi connectivity index (χ0v) is 8.82. The molecule has 0 N–H and O–H groups in total. The number of rotatable bonds is 1. The molecular weight excluding hydrogens is 144 g/mol. The lowest BCUT2D eigenvalue weighted by Gasteiger charge is -2.40. The van der Waals surface area contributed by atoms with E-state index in [0.717, 1.165) is 16.7 Å². The molecule has 0 amide bonds. The monoisotopic (exact) mass is 166 g/mol. The molecule has 2 saturated carbocycles. The molecule has 2 fully saturated rings. The number of fused-ring (bicyclic) bond motifs is 2. The van der Waals surface area contributed by atoms with Crippen LogP contribution in [0.5, 0.6) is 0 Å². The van der Waals surface area contributed by atoms with Crippen molar-refractivity contribution in [3.8, 4) is 0 Å². The Morgan fingerprint density at radius 2 is 1.58 bits per heavy atom. The van der Waals surface area contributed by atoms with Crippen LogP contribution in [0.3, 0.4) is 0 Å². The van der Waals surface area contributed by atoms with Crippen LogP contribution in [0.4, 0.5) is 0 Å². The van der Waals surface area contributed by atoms with Gasteiger partial charge in [0, 0.05) is 0 Å². The molecule has 0 nitrogen and oxygen atoms in total. The Labute approximate surface area is 76.7 Å². The summed E-state index contributed by atoms with van der Waals surface area (Å²) < 4.78 is 0. The van der Waals surface area contributed by atoms with Crippen LogP contribution in [0.1, 0.15) is 59.3 Å². The maximum absolute atomic E-state index is 2.51. The third-order valence-electron chi connectivity index (χ3n) is 4.33. The summed E-state index contributed by atoms with van der Waals surface area (Å²) in [7, 11) is 0. The highest BCUT2D eigenvalue weighted by molar-refractivity contribution is 4.99. The first-order valence-electron chi connectivity index (χ1n) is 5.55. The smallest absolute Gasteiger partial charge is 0.0318 e. The standard InChI is InChI=1S/C12H22/c1-4-10-7-11(2)5-6-12(3,8-10)9-11/h10H,4-9H2,1-3H3. The van der Waals surface area contributed by atoms with Crippen LogP contribution in [0, 0.1) is 16.7 Å². The van der Waals surface area contributed by atoms with Gasteiger partial charge in [-0.2, -0.15) is 0 Å². The maximum Gasteiger partial charge on any atom is -0.0318 e. The molecule has 2 unspecified atom stereocenters. The molecule has 0 radical (unpaired) electrons. The maximum atomic E-state index is 2.51. The van der Waals surface area contributed by atoms with E-state index in [0.29, 0.717) is 0 Å². The van der Waals surface area contributed by atoms with Crippen LogP contribution in [0.15, 0.2) is 0 Å². The Morgan fingerprint density at radius 1 is 1.08 bits per heavy atom. The van der Waals surface area contributed by atoms with Gasteiger partial charge < -0.3 is 0 Å². The van der Waals surface area contributed by atoms with Crippen LogP contribution in [-0.4, -0.2) is 0 Å². The van der Waals surface area contributed by atoms with Crippen molar-refractivity contribution in [1.29, 1.82) is 0 Å². The van der Waals surface area contributed by atoms with E-state index in [2.05, 4.69) is 20.8 Å². The van der Waals surface area contributed by atoms with E-state index < -0.39 is 0 Å². The van der Waals surface area contributed by atoms with Crippen molar-refractivity contribution in [1.82, 2.24) is 0 Å². The summed E-state index contributed by atoms with van der Waals surface area (Å²) in [5.41, 5.74) is 1.46. The Bertz CT molecular complexity index is 166. The number of hydrogen-bond acceptors (Lipinski definition) is 0. The Morgan fingerprint density at radius 3 is 2.00 bits per heavy atom. The topological polar surface area (TPSA) is 0 Å². The van der Waals surface area contributed by atoms with Crippen molar-refractivity contribution in [3.63, 3.8) is 0 Å². The molecule has 12 heavy (non-hydrogen) atoms. The Hall–Kier alpha value is 0. The minimum atomic E-state index is 0.730. The minimum absolute atomic E-state index is 0.730. The summed E-state index contributed by atoms with van der Waals surface area (Å²) in [6, 6.07) is 0. The van der Waals surface area contributed by atoms with Crippen LogP contribution in [0.25, 0.3) is 0 Å². The van der Waals surface area contributed by atoms with Gasteiger partial charge in [0.25, 0.3) is 0 Å². The molecule has 0 saturated heterocycles. The second kappa shape index (κ2) is 2.49. The molecule has 0 aliphatic heterocycles. The molecule has 0 aromatic rings. The van der Waals surface area contributed by atoms with Crippen LogP contribution >= 0.6 is 0 Å². The van der Waals surface area contributed by atoms with Gasteiger partial charge in [-0.25, -0.2) is 0 Å². The predicted octanol–water partition coefficient (Wildman–Crippen LogP) is 4.00. The van der Waals surface area contributed by atoms with Crippen molar-refractivity contribution >= 4 is 0 Å². The Balaban J connectivity index is 2.16. The molecule has 0 aromatic carbocycles. The van der Waals surface area contributed by atoms with Gasteiger partial charge in [0.15, 0.2) is 0 Å². The van der Waals surface area contributed by atoms with E-state index in [1.807, 2.05) is 0 Å². The van der Waals surface area contributed by atoms with Gasteiger partial charge in [0.1, 0.15) is 0 Å². The first-order chi connectivity index (χ1) is 5.55. The predicted molar refractivity (Wildman–Crippen MR) is 53.1 cm³/mol. The second-order valence-corrected chi connectivity index (χ2v) is 5.98. The van der Waals surface area contributed by atoms with Gasteiger partial charge in [-0.15, -0.1) is 0 Å². The zero-order valence-electron chi connectivity index (χ0n) is 8.82. The van der Waals surface area contributed by atoms with Gasteiger partial charge in [0.05, 0.1) is 0 Å². The van der Waals surface area contributed by atoms with Crippen molar-refractivity contribution in [2.45, 2.75) is 59.3 Å². The first-order valence-corrected chi connectivity index (χ1v) is 5.55. The highest BCUT2D eigenvalue weighted by Gasteiger charge is 2.48. The highest BCUT2D eigenvalue weighted by atomic mass is 14.5. The molecule has 0 aromatic heterocycles. The third kappa shape index (κ3) is 1.30. The van der Waals surface area contributed by atoms with Crippen molar-refractivity contribution in [2.75, 3.05) is 0 Å². The van der Waals surface area contributed by atoms with E-state index in [9.17, 15) is 0 Å². The molecule has 0 spiro atoms. The summed E-state index contributed by atoms with van der Waals surface area (Å²) >= 11 is 0. The normalized spacial score (nSPS) is 52.8. The number of hydrogen-bond donors (Lipinski definition) is 0. The van der Waals surface area contributed by atoms with Crippen molar-refractivity contribution < 1.29 is 0 Å². The lowest BCUT2D eigenvalue weighted by molar-refractivity contribution is 0.112. The van der Waals surface area contributed by atoms with Gasteiger partial charge in [-0.05, 0) is 48.9 Å². The molecule has 70 valence electrons. The molecule has 2 atom stereocenters. The average Bonchev–Trinajstić information content (AvgIpc) is 2.20. The summed E-state index contributed by atoms with van der Waals surface area (Å²) in [4.78, 5) is 0. The zero-order chi connectivity index (χ0) is 8.82. The summed E-state index contributed by atoms with van der Waals surface area (Å²) in [6.45, 7) is 7.39. The molecule has 0 heterocycles. The third-order valence-corrected chi connectivity index (χ3v) is 4.33. The van der Waals surface area contributed by atoms with Crippen molar-refractivity contribution in [2.24, 2.45) is 16.7 Å². The second-order valence-electron chi connectivity index (χ2n) is 5.98. The van der Waals surface area contributed by atoms with Crippen LogP contribution in [-0.2, 0) is 0 Å². The lowest BCUT2D eigenvalue weighted by Crippen LogP contribution is -2.28. The molecule has 2 rings (SSSR count). The molecule has 2 aliphatic rings. The molecule has 2 bridgehead atoms. The van der Waals surface area contributed by atoms with Gasteiger partial charge in [-0.1, -0.05) is 27.2 Å². The fourth-order valence-corrected chi connectivity index (χ4v) is 3.91. The van der Waals surface area contributed by atoms with Gasteiger partial charge in [0.2, 0.25) is 0 Å². The fourth-order valence-electron chi connectivity index (χ4n) is 3.91. The van der Waals surface area contributed by atoms with E-state index >= 15 is 0 Å². The quantitative estimate of drug-likeness (QED) is 0.552. The lowest BCUT2D eigenvalue weighted by atomic mass is 9.66. The summed E-state index contributed by atoms with van der Waals surface area (Å²) in [5, 5.41) is 0. The fraction of sp³-hybridized carbons (Fsp3) is 1.00. The molecular formula is C12H22. The van der Waals surface area contributed by atoms with Gasteiger partial charge in [-0.3, -0.25) is 0 Å². The van der Waals surface area contributed by atoms with Crippen molar-refractivity contribution in [3.05, 3.63) is 0 Å². The molecule has 2 aliphatic carbocycles. The first kappa shape index (κ1) is 8.59. The highest BCUT2D eigenvalue weighted by Crippen LogP contribution is 2.60. The minimum Gasteiger partial charge on any atom is -0.0651 e. The van der Waals surface area contributed by atoms with E-state index in [-0.39, 0.29) is 0 Å². The van der Waals surface area contributed by atoms with E-state index in [1.165, 1.54) is 38.5 Å². The average molecular weight is 166 g/mol. The Kier molecular flexibility index (Phi) is 1.79. The largest absolute Gasteiger partial charge is 0.0651 e. The SMILES string of the molecule is CCC1CC2(C)CCC(C)(C1)C2. The van der Waals surface area contributed by atoms with Crippen LogP contribution < -0.4 is 0 Å². The van der Waals surface area contributed by atoms with E-state index in [4.69, 9.17) is 0 Å². The summed E-state index contributed by atoms with van der Waals surface area (Å²) in [5.74, 6) is 1.04.